The molecule has 0 amide bonds. The number of rotatable bonds is 0. The molecule has 0 spiro atoms. The largest absolute Gasteiger partial charge is 0.0617 e. The highest BCUT2D eigenvalue weighted by Gasteiger charge is 2.07. The summed E-state index contributed by atoms with van der Waals surface area (Å²) in [6.45, 7) is 6.49. The van der Waals surface area contributed by atoms with Gasteiger partial charge in [0, 0.05) is 0 Å². The van der Waals surface area contributed by atoms with E-state index in [1.54, 1.807) is 0 Å². The zero-order chi connectivity index (χ0) is 9.42. The molecule has 0 aliphatic heterocycles. The van der Waals surface area contributed by atoms with Crippen molar-refractivity contribution in [1.29, 1.82) is 0 Å². The van der Waals surface area contributed by atoms with Gasteiger partial charge >= 0.3 is 0 Å². The fourth-order valence-corrected chi connectivity index (χ4v) is 1.82. The lowest BCUT2D eigenvalue weighted by Crippen LogP contribution is -1.75. The summed E-state index contributed by atoms with van der Waals surface area (Å²) in [5, 5.41) is 0. The standard InChI is InChI=1S/C13H14/c1-9-7-12-10(2)5-4-6-11(3)13(12)8-9/h4-8H,1-3H3. The molecule has 0 heteroatoms. The lowest BCUT2D eigenvalue weighted by atomic mass is 10.1. The van der Waals surface area contributed by atoms with Gasteiger partial charge in [0.05, 0.1) is 0 Å². The smallest absolute Gasteiger partial charge is 0.0149 e. The Morgan fingerprint density at radius 2 is 1.23 bits per heavy atom. The van der Waals surface area contributed by atoms with Crippen molar-refractivity contribution in [1.82, 2.24) is 0 Å². The van der Waals surface area contributed by atoms with Gasteiger partial charge in [-0.15, -0.1) is 0 Å². The zero-order valence-corrected chi connectivity index (χ0v) is 8.39. The minimum atomic E-state index is 1.35. The Morgan fingerprint density at radius 1 is 0.769 bits per heavy atom. The molecule has 0 heterocycles. The molecule has 0 aromatic rings. The average molecular weight is 170 g/mol. The van der Waals surface area contributed by atoms with Crippen LogP contribution in [0.4, 0.5) is 0 Å². The third-order valence-corrected chi connectivity index (χ3v) is 2.58. The van der Waals surface area contributed by atoms with Crippen molar-refractivity contribution in [2.45, 2.75) is 20.8 Å². The molecule has 66 valence electrons. The molecule has 0 N–H and O–H groups in total. The number of fused-ring (bicyclic) bond motifs is 1. The fourth-order valence-electron chi connectivity index (χ4n) is 1.82. The van der Waals surface area contributed by atoms with E-state index in [0.717, 1.165) is 0 Å². The Labute approximate surface area is 79.6 Å². The molecule has 13 heavy (non-hydrogen) atoms. The van der Waals surface area contributed by atoms with Gasteiger partial charge < -0.3 is 0 Å². The lowest BCUT2D eigenvalue weighted by Gasteiger charge is -1.98. The second kappa shape index (κ2) is 2.88. The SMILES string of the molecule is Cc1cc2c(C)cccc(C)c-2c1. The molecule has 2 aliphatic rings. The minimum Gasteiger partial charge on any atom is -0.0617 e. The van der Waals surface area contributed by atoms with Crippen molar-refractivity contribution in [2.24, 2.45) is 0 Å². The highest BCUT2D eigenvalue weighted by molar-refractivity contribution is 5.74. The van der Waals surface area contributed by atoms with Crippen LogP contribution in [0.2, 0.25) is 0 Å². The lowest BCUT2D eigenvalue weighted by molar-refractivity contribution is 1.49. The van der Waals surface area contributed by atoms with Crippen molar-refractivity contribution in [3.8, 4) is 11.1 Å². The number of hydrogen-bond acceptors (Lipinski definition) is 0. The van der Waals surface area contributed by atoms with Crippen LogP contribution in [0.15, 0.2) is 30.3 Å². The van der Waals surface area contributed by atoms with Gasteiger partial charge in [0.2, 0.25) is 0 Å². The maximum absolute atomic E-state index is 2.26. The van der Waals surface area contributed by atoms with Gasteiger partial charge in [0.15, 0.2) is 0 Å². The Kier molecular flexibility index (Phi) is 1.84. The molecule has 0 saturated carbocycles. The quantitative estimate of drug-likeness (QED) is 0.565. The Bertz CT molecular complexity index is 376. The maximum Gasteiger partial charge on any atom is -0.0149 e. The molecule has 0 fully saturated rings. The first-order chi connectivity index (χ1) is 6.18. The summed E-state index contributed by atoms with van der Waals surface area (Å²) >= 11 is 0. The van der Waals surface area contributed by atoms with Crippen LogP contribution in [0.3, 0.4) is 0 Å². The van der Waals surface area contributed by atoms with E-state index < -0.39 is 0 Å². The summed E-state index contributed by atoms with van der Waals surface area (Å²) in [7, 11) is 0. The second-order valence-electron chi connectivity index (χ2n) is 3.75. The van der Waals surface area contributed by atoms with Crippen LogP contribution in [0, 0.1) is 20.8 Å². The first-order valence-electron chi connectivity index (χ1n) is 4.65. The van der Waals surface area contributed by atoms with Crippen molar-refractivity contribution in [3.63, 3.8) is 0 Å². The maximum atomic E-state index is 2.26. The Morgan fingerprint density at radius 3 is 1.69 bits per heavy atom. The molecule has 0 nitrogen and oxygen atoms in total. The normalized spacial score (nSPS) is 10.7. The summed E-state index contributed by atoms with van der Waals surface area (Å²) in [4.78, 5) is 0. The molecule has 2 aliphatic carbocycles. The molecular formula is C13H14. The molecule has 0 aromatic heterocycles. The van der Waals surface area contributed by atoms with E-state index in [4.69, 9.17) is 0 Å². The topological polar surface area (TPSA) is 0 Å². The van der Waals surface area contributed by atoms with Crippen LogP contribution < -0.4 is 0 Å². The van der Waals surface area contributed by atoms with E-state index in [-0.39, 0.29) is 0 Å². The van der Waals surface area contributed by atoms with E-state index in [1.165, 1.54) is 27.8 Å². The second-order valence-corrected chi connectivity index (χ2v) is 3.75. The van der Waals surface area contributed by atoms with E-state index >= 15 is 0 Å². The highest BCUT2D eigenvalue weighted by atomic mass is 14.1. The van der Waals surface area contributed by atoms with Crippen LogP contribution >= 0.6 is 0 Å². The van der Waals surface area contributed by atoms with Crippen LogP contribution in [-0.4, -0.2) is 0 Å². The molecule has 0 bridgehead atoms. The number of aryl methyl sites for hydroxylation is 3. The van der Waals surface area contributed by atoms with Crippen molar-refractivity contribution < 1.29 is 0 Å². The molecule has 0 saturated heterocycles. The van der Waals surface area contributed by atoms with Crippen LogP contribution in [0.5, 0.6) is 0 Å². The average Bonchev–Trinajstić information content (AvgIpc) is 2.41. The monoisotopic (exact) mass is 170 g/mol. The van der Waals surface area contributed by atoms with Crippen LogP contribution in [0.25, 0.3) is 11.1 Å². The first-order valence-corrected chi connectivity index (χ1v) is 4.65. The van der Waals surface area contributed by atoms with Gasteiger partial charge in [-0.3, -0.25) is 0 Å². The third-order valence-electron chi connectivity index (χ3n) is 2.58. The molecule has 0 unspecified atom stereocenters. The Balaban J connectivity index is 2.83. The van der Waals surface area contributed by atoms with Crippen molar-refractivity contribution in [2.75, 3.05) is 0 Å². The Hall–Kier alpha value is -1.30. The van der Waals surface area contributed by atoms with Gasteiger partial charge in [-0.2, -0.15) is 0 Å². The van der Waals surface area contributed by atoms with Gasteiger partial charge in [-0.1, -0.05) is 30.3 Å². The van der Waals surface area contributed by atoms with Crippen LogP contribution in [0.1, 0.15) is 16.7 Å². The zero-order valence-electron chi connectivity index (χ0n) is 8.39. The van der Waals surface area contributed by atoms with E-state index in [2.05, 4.69) is 51.1 Å². The summed E-state index contributed by atoms with van der Waals surface area (Å²) in [6.07, 6.45) is 0. The predicted octanol–water partition coefficient (Wildman–Crippen LogP) is 3.72. The van der Waals surface area contributed by atoms with Gasteiger partial charge in [-0.25, -0.2) is 0 Å². The molecule has 0 radical (unpaired) electrons. The van der Waals surface area contributed by atoms with Crippen molar-refractivity contribution in [3.05, 3.63) is 47.0 Å². The first kappa shape index (κ1) is 8.31. The van der Waals surface area contributed by atoms with Gasteiger partial charge in [-0.05, 0) is 48.6 Å². The molecule has 0 aromatic carbocycles. The third kappa shape index (κ3) is 1.33. The van der Waals surface area contributed by atoms with Gasteiger partial charge in [0.25, 0.3) is 0 Å². The fraction of sp³-hybridized carbons (Fsp3) is 0.231. The summed E-state index contributed by atoms with van der Waals surface area (Å²) in [5.41, 5.74) is 6.85. The molecule has 2 rings (SSSR count). The molecular weight excluding hydrogens is 156 g/mol. The highest BCUT2D eigenvalue weighted by Crippen LogP contribution is 2.30. The van der Waals surface area contributed by atoms with Crippen LogP contribution in [-0.2, 0) is 0 Å². The minimum absolute atomic E-state index is 1.35. The number of hydrogen-bond donors (Lipinski definition) is 0. The van der Waals surface area contributed by atoms with E-state index in [1.807, 2.05) is 0 Å². The summed E-state index contributed by atoms with van der Waals surface area (Å²) in [6, 6.07) is 11.0. The predicted molar refractivity (Wildman–Crippen MR) is 57.3 cm³/mol. The summed E-state index contributed by atoms with van der Waals surface area (Å²) in [5.74, 6) is 0. The molecule has 0 atom stereocenters. The van der Waals surface area contributed by atoms with Gasteiger partial charge in [0.1, 0.15) is 0 Å². The van der Waals surface area contributed by atoms with E-state index in [0.29, 0.717) is 0 Å². The van der Waals surface area contributed by atoms with Crippen molar-refractivity contribution >= 4 is 0 Å². The van der Waals surface area contributed by atoms with E-state index in [9.17, 15) is 0 Å². The summed E-state index contributed by atoms with van der Waals surface area (Å²) < 4.78 is 0.